The van der Waals surface area contributed by atoms with Crippen molar-refractivity contribution in [2.75, 3.05) is 25.6 Å². The van der Waals surface area contributed by atoms with Gasteiger partial charge in [-0.3, -0.25) is 0 Å². The maximum atomic E-state index is 5.41. The molecule has 2 aromatic rings. The smallest absolute Gasteiger partial charge is 0.213 e. The molecule has 0 spiro atoms. The van der Waals surface area contributed by atoms with Crippen LogP contribution in [-0.2, 0) is 11.3 Å². The van der Waals surface area contributed by atoms with Gasteiger partial charge < -0.3 is 14.8 Å². The second-order valence-corrected chi connectivity index (χ2v) is 4.57. The molecule has 0 atom stereocenters. The summed E-state index contributed by atoms with van der Waals surface area (Å²) >= 11 is 0. The van der Waals surface area contributed by atoms with Crippen molar-refractivity contribution < 1.29 is 9.47 Å². The summed E-state index contributed by atoms with van der Waals surface area (Å²) in [6.07, 6.45) is 1.77. The quantitative estimate of drug-likeness (QED) is 0.787. The Morgan fingerprint density at radius 1 is 1.05 bits per heavy atom. The normalized spacial score (nSPS) is 10.3. The number of anilines is 1. The van der Waals surface area contributed by atoms with Crippen molar-refractivity contribution >= 4 is 5.69 Å². The molecule has 1 N–H and O–H groups in total. The van der Waals surface area contributed by atoms with Crippen LogP contribution in [0.4, 0.5) is 5.69 Å². The van der Waals surface area contributed by atoms with Crippen LogP contribution in [0.5, 0.6) is 5.88 Å². The fraction of sp³-hybridized carbons (Fsp3) is 0.312. The van der Waals surface area contributed by atoms with Gasteiger partial charge in [0, 0.05) is 19.7 Å². The van der Waals surface area contributed by atoms with Crippen LogP contribution in [0.1, 0.15) is 11.1 Å². The molecule has 1 heterocycles. The summed E-state index contributed by atoms with van der Waals surface area (Å²) in [7, 11) is 1.65. The van der Waals surface area contributed by atoms with E-state index in [2.05, 4.69) is 41.5 Å². The number of nitrogens with one attached hydrogen (secondary N) is 1. The standard InChI is InChI=1S/C16H20N2O2/c1-13-3-5-14(6-4-13)11-17-15-7-8-16(18-12-15)20-10-9-19-2/h3-8,12,17H,9-11H2,1-2H3. The number of hydrogen-bond donors (Lipinski definition) is 1. The van der Waals surface area contributed by atoms with Gasteiger partial charge in [-0.05, 0) is 18.6 Å². The molecule has 0 radical (unpaired) electrons. The van der Waals surface area contributed by atoms with Gasteiger partial charge in [-0.1, -0.05) is 29.8 Å². The van der Waals surface area contributed by atoms with Crippen LogP contribution in [-0.4, -0.2) is 25.3 Å². The number of ether oxygens (including phenoxy) is 2. The van der Waals surface area contributed by atoms with Gasteiger partial charge in [0.25, 0.3) is 0 Å². The van der Waals surface area contributed by atoms with Gasteiger partial charge >= 0.3 is 0 Å². The summed E-state index contributed by atoms with van der Waals surface area (Å²) in [4.78, 5) is 4.24. The van der Waals surface area contributed by atoms with Crippen LogP contribution in [0, 0.1) is 6.92 Å². The zero-order chi connectivity index (χ0) is 14.2. The lowest BCUT2D eigenvalue weighted by Gasteiger charge is -2.08. The van der Waals surface area contributed by atoms with Crippen LogP contribution in [0.3, 0.4) is 0 Å². The monoisotopic (exact) mass is 272 g/mol. The van der Waals surface area contributed by atoms with Crippen molar-refractivity contribution in [1.82, 2.24) is 4.98 Å². The first kappa shape index (κ1) is 14.3. The average Bonchev–Trinajstić information content (AvgIpc) is 2.48. The van der Waals surface area contributed by atoms with Crippen molar-refractivity contribution in [2.24, 2.45) is 0 Å². The number of aryl methyl sites for hydroxylation is 1. The average molecular weight is 272 g/mol. The van der Waals surface area contributed by atoms with E-state index in [4.69, 9.17) is 9.47 Å². The number of pyridine rings is 1. The molecule has 1 aromatic carbocycles. The minimum Gasteiger partial charge on any atom is -0.475 e. The van der Waals surface area contributed by atoms with Crippen molar-refractivity contribution in [3.05, 3.63) is 53.7 Å². The summed E-state index contributed by atoms with van der Waals surface area (Å²) in [5, 5.41) is 3.33. The minimum absolute atomic E-state index is 0.514. The number of aromatic nitrogens is 1. The zero-order valence-corrected chi connectivity index (χ0v) is 11.9. The molecule has 0 fully saturated rings. The predicted octanol–water partition coefficient (Wildman–Crippen LogP) is 3.03. The molecule has 0 aliphatic rings. The third-order valence-corrected chi connectivity index (χ3v) is 2.89. The molecule has 4 heteroatoms. The molecular weight excluding hydrogens is 252 g/mol. The van der Waals surface area contributed by atoms with Crippen LogP contribution in [0.15, 0.2) is 42.6 Å². The number of hydrogen-bond acceptors (Lipinski definition) is 4. The highest BCUT2D eigenvalue weighted by atomic mass is 16.5. The van der Waals surface area contributed by atoms with Crippen LogP contribution < -0.4 is 10.1 Å². The van der Waals surface area contributed by atoms with E-state index in [0.717, 1.165) is 12.2 Å². The SMILES string of the molecule is COCCOc1ccc(NCc2ccc(C)cc2)cn1. The Labute approximate surface area is 119 Å². The molecular formula is C16H20N2O2. The summed E-state index contributed by atoms with van der Waals surface area (Å²) in [5.41, 5.74) is 3.49. The van der Waals surface area contributed by atoms with E-state index in [1.807, 2.05) is 12.1 Å². The molecule has 0 unspecified atom stereocenters. The maximum Gasteiger partial charge on any atom is 0.213 e. The fourth-order valence-electron chi connectivity index (χ4n) is 1.71. The Hall–Kier alpha value is -2.07. The molecule has 2 rings (SSSR count). The third kappa shape index (κ3) is 4.55. The highest BCUT2D eigenvalue weighted by Gasteiger charge is 1.97. The van der Waals surface area contributed by atoms with E-state index in [-0.39, 0.29) is 0 Å². The molecule has 0 saturated heterocycles. The van der Waals surface area contributed by atoms with E-state index >= 15 is 0 Å². The van der Waals surface area contributed by atoms with Gasteiger partial charge in [-0.2, -0.15) is 0 Å². The van der Waals surface area contributed by atoms with E-state index in [1.165, 1.54) is 11.1 Å². The number of rotatable bonds is 7. The molecule has 0 saturated carbocycles. The Morgan fingerprint density at radius 2 is 1.85 bits per heavy atom. The summed E-state index contributed by atoms with van der Waals surface area (Å²) in [6.45, 7) is 3.95. The van der Waals surface area contributed by atoms with Crippen molar-refractivity contribution in [3.63, 3.8) is 0 Å². The second kappa shape index (κ2) is 7.50. The number of nitrogens with zero attached hydrogens (tertiary/aromatic N) is 1. The number of methoxy groups -OCH3 is 1. The molecule has 1 aromatic heterocycles. The van der Waals surface area contributed by atoms with Crippen molar-refractivity contribution in [1.29, 1.82) is 0 Å². The summed E-state index contributed by atoms with van der Waals surface area (Å²) < 4.78 is 10.3. The van der Waals surface area contributed by atoms with Gasteiger partial charge in [-0.25, -0.2) is 4.98 Å². The molecule has 0 amide bonds. The first-order valence-corrected chi connectivity index (χ1v) is 6.65. The molecule has 0 aliphatic carbocycles. The van der Waals surface area contributed by atoms with E-state index in [0.29, 0.717) is 19.1 Å². The second-order valence-electron chi connectivity index (χ2n) is 4.57. The molecule has 4 nitrogen and oxygen atoms in total. The molecule has 0 bridgehead atoms. The fourth-order valence-corrected chi connectivity index (χ4v) is 1.71. The summed E-state index contributed by atoms with van der Waals surface area (Å²) in [6, 6.07) is 12.3. The Bertz CT molecular complexity index is 509. The first-order valence-electron chi connectivity index (χ1n) is 6.65. The lowest BCUT2D eigenvalue weighted by molar-refractivity contribution is 0.144. The first-order chi connectivity index (χ1) is 9.78. The molecule has 0 aliphatic heterocycles. The topological polar surface area (TPSA) is 43.4 Å². The van der Waals surface area contributed by atoms with E-state index in [9.17, 15) is 0 Å². The highest BCUT2D eigenvalue weighted by Crippen LogP contribution is 2.13. The summed E-state index contributed by atoms with van der Waals surface area (Å²) in [5.74, 6) is 0.614. The van der Waals surface area contributed by atoms with Crippen LogP contribution in [0.2, 0.25) is 0 Å². The zero-order valence-electron chi connectivity index (χ0n) is 11.9. The third-order valence-electron chi connectivity index (χ3n) is 2.89. The van der Waals surface area contributed by atoms with Crippen molar-refractivity contribution in [2.45, 2.75) is 13.5 Å². The van der Waals surface area contributed by atoms with Gasteiger partial charge in [0.15, 0.2) is 0 Å². The minimum atomic E-state index is 0.514. The highest BCUT2D eigenvalue weighted by molar-refractivity contribution is 5.42. The van der Waals surface area contributed by atoms with E-state index in [1.54, 1.807) is 13.3 Å². The Balaban J connectivity index is 1.82. The van der Waals surface area contributed by atoms with Gasteiger partial charge in [-0.15, -0.1) is 0 Å². The maximum absolute atomic E-state index is 5.41. The lowest BCUT2D eigenvalue weighted by Crippen LogP contribution is -2.05. The van der Waals surface area contributed by atoms with Gasteiger partial charge in [0.2, 0.25) is 5.88 Å². The van der Waals surface area contributed by atoms with Gasteiger partial charge in [0.05, 0.1) is 18.5 Å². The molecule has 20 heavy (non-hydrogen) atoms. The lowest BCUT2D eigenvalue weighted by atomic mass is 10.1. The van der Waals surface area contributed by atoms with Crippen molar-refractivity contribution in [3.8, 4) is 5.88 Å². The van der Waals surface area contributed by atoms with Crippen LogP contribution >= 0.6 is 0 Å². The van der Waals surface area contributed by atoms with Crippen LogP contribution in [0.25, 0.3) is 0 Å². The predicted molar refractivity (Wildman–Crippen MR) is 80.1 cm³/mol. The largest absolute Gasteiger partial charge is 0.475 e. The Morgan fingerprint density at radius 3 is 2.50 bits per heavy atom. The van der Waals surface area contributed by atoms with E-state index < -0.39 is 0 Å². The Kier molecular flexibility index (Phi) is 5.38. The molecule has 106 valence electrons. The van der Waals surface area contributed by atoms with Gasteiger partial charge in [0.1, 0.15) is 6.61 Å². The number of benzene rings is 1.